The first-order chi connectivity index (χ1) is 6.65. The van der Waals surface area contributed by atoms with Crippen molar-refractivity contribution in [1.29, 1.82) is 0 Å². The maximum Gasteiger partial charge on any atom is 0.121 e. The number of hydrogen-bond donors (Lipinski definition) is 2. The van der Waals surface area contributed by atoms with Gasteiger partial charge in [-0.05, 0) is 18.6 Å². The van der Waals surface area contributed by atoms with E-state index in [0.717, 1.165) is 29.3 Å². The van der Waals surface area contributed by atoms with Crippen LogP contribution in [-0.2, 0) is 0 Å². The van der Waals surface area contributed by atoms with Crippen LogP contribution in [0.2, 0.25) is 0 Å². The number of unbranched alkanes of at least 4 members (excludes halogenated alkanes) is 1. The molecule has 0 aliphatic heterocycles. The highest BCUT2D eigenvalue weighted by atomic mass is 79.9. The number of phenols is 1. The first-order valence-electron chi connectivity index (χ1n) is 4.89. The van der Waals surface area contributed by atoms with Gasteiger partial charge in [-0.2, -0.15) is 0 Å². The van der Waals surface area contributed by atoms with Gasteiger partial charge >= 0.3 is 0 Å². The molecule has 1 aromatic carbocycles. The molecule has 0 amide bonds. The number of halogens is 2. The van der Waals surface area contributed by atoms with Gasteiger partial charge in [0, 0.05) is 16.1 Å². The zero-order valence-electron chi connectivity index (χ0n) is 8.74. The van der Waals surface area contributed by atoms with E-state index in [1.807, 2.05) is 12.1 Å². The van der Waals surface area contributed by atoms with E-state index in [9.17, 15) is 5.11 Å². The van der Waals surface area contributed by atoms with Crippen molar-refractivity contribution in [1.82, 2.24) is 0 Å². The summed E-state index contributed by atoms with van der Waals surface area (Å²) in [5.41, 5.74) is 6.79. The molecule has 0 unspecified atom stereocenters. The van der Waals surface area contributed by atoms with Crippen molar-refractivity contribution in [2.45, 2.75) is 32.2 Å². The van der Waals surface area contributed by atoms with Gasteiger partial charge < -0.3 is 10.8 Å². The van der Waals surface area contributed by atoms with Gasteiger partial charge in [0.1, 0.15) is 5.75 Å². The SMILES string of the molecule is CCCC[C@@H](N)c1ccc(Br)cc1O.Cl. The predicted octanol–water partition coefficient (Wildman–Crippen LogP) is 3.77. The van der Waals surface area contributed by atoms with Crippen molar-refractivity contribution in [3.05, 3.63) is 28.2 Å². The van der Waals surface area contributed by atoms with Gasteiger partial charge in [-0.1, -0.05) is 41.8 Å². The van der Waals surface area contributed by atoms with Crippen molar-refractivity contribution in [2.75, 3.05) is 0 Å². The number of benzene rings is 1. The van der Waals surface area contributed by atoms with Crippen LogP contribution in [0.4, 0.5) is 0 Å². The molecule has 1 rings (SSSR count). The van der Waals surface area contributed by atoms with Gasteiger partial charge in [-0.3, -0.25) is 0 Å². The number of aromatic hydroxyl groups is 1. The molecule has 0 heterocycles. The van der Waals surface area contributed by atoms with Gasteiger partial charge in [-0.15, -0.1) is 12.4 Å². The van der Waals surface area contributed by atoms with E-state index in [4.69, 9.17) is 5.73 Å². The van der Waals surface area contributed by atoms with E-state index < -0.39 is 0 Å². The first kappa shape index (κ1) is 14.8. The molecule has 86 valence electrons. The Hall–Kier alpha value is -0.250. The van der Waals surface area contributed by atoms with Gasteiger partial charge in [0.2, 0.25) is 0 Å². The van der Waals surface area contributed by atoms with Crippen molar-refractivity contribution in [3.63, 3.8) is 0 Å². The third kappa shape index (κ3) is 4.41. The second kappa shape index (κ2) is 7.09. The lowest BCUT2D eigenvalue weighted by molar-refractivity contribution is 0.456. The fourth-order valence-electron chi connectivity index (χ4n) is 1.41. The zero-order chi connectivity index (χ0) is 10.6. The maximum atomic E-state index is 9.65. The third-order valence-electron chi connectivity index (χ3n) is 2.26. The largest absolute Gasteiger partial charge is 0.508 e. The van der Waals surface area contributed by atoms with Crippen molar-refractivity contribution < 1.29 is 5.11 Å². The topological polar surface area (TPSA) is 46.2 Å². The maximum absolute atomic E-state index is 9.65. The average Bonchev–Trinajstić information content (AvgIpc) is 2.14. The van der Waals surface area contributed by atoms with Crippen LogP contribution in [0.5, 0.6) is 5.75 Å². The Kier molecular flexibility index (Phi) is 6.98. The molecule has 0 radical (unpaired) electrons. The summed E-state index contributed by atoms with van der Waals surface area (Å²) >= 11 is 3.30. The Morgan fingerprint density at radius 2 is 2.13 bits per heavy atom. The molecule has 2 nitrogen and oxygen atoms in total. The van der Waals surface area contributed by atoms with E-state index in [1.165, 1.54) is 0 Å². The Bertz CT molecular complexity index is 307. The summed E-state index contributed by atoms with van der Waals surface area (Å²) in [4.78, 5) is 0. The van der Waals surface area contributed by atoms with E-state index >= 15 is 0 Å². The van der Waals surface area contributed by atoms with Crippen LogP contribution >= 0.6 is 28.3 Å². The first-order valence-corrected chi connectivity index (χ1v) is 5.68. The van der Waals surface area contributed by atoms with Crippen molar-refractivity contribution in [2.24, 2.45) is 5.73 Å². The number of phenolic OH excluding ortho intramolecular Hbond substituents is 1. The molecule has 0 saturated heterocycles. The van der Waals surface area contributed by atoms with Crippen LogP contribution < -0.4 is 5.73 Å². The molecule has 4 heteroatoms. The van der Waals surface area contributed by atoms with Crippen LogP contribution in [-0.4, -0.2) is 5.11 Å². The number of hydrogen-bond acceptors (Lipinski definition) is 2. The molecule has 0 fully saturated rings. The minimum atomic E-state index is -0.0527. The summed E-state index contributed by atoms with van der Waals surface area (Å²) < 4.78 is 0.876. The lowest BCUT2D eigenvalue weighted by Gasteiger charge is -2.13. The average molecular weight is 295 g/mol. The Morgan fingerprint density at radius 1 is 1.47 bits per heavy atom. The molecule has 0 bridgehead atoms. The van der Waals surface area contributed by atoms with E-state index in [-0.39, 0.29) is 24.2 Å². The highest BCUT2D eigenvalue weighted by Crippen LogP contribution is 2.28. The van der Waals surface area contributed by atoms with Crippen molar-refractivity contribution in [3.8, 4) is 5.75 Å². The Labute approximate surface area is 105 Å². The van der Waals surface area contributed by atoms with Crippen LogP contribution in [0.25, 0.3) is 0 Å². The van der Waals surface area contributed by atoms with E-state index in [1.54, 1.807) is 6.07 Å². The van der Waals surface area contributed by atoms with Crippen LogP contribution in [0.1, 0.15) is 37.8 Å². The minimum absolute atomic E-state index is 0. The highest BCUT2D eigenvalue weighted by Gasteiger charge is 2.10. The summed E-state index contributed by atoms with van der Waals surface area (Å²) in [6, 6.07) is 5.41. The van der Waals surface area contributed by atoms with Crippen LogP contribution in [0.15, 0.2) is 22.7 Å². The molecule has 0 saturated carbocycles. The Morgan fingerprint density at radius 3 is 2.67 bits per heavy atom. The molecule has 0 spiro atoms. The molecular weight excluding hydrogens is 277 g/mol. The van der Waals surface area contributed by atoms with E-state index in [0.29, 0.717) is 0 Å². The predicted molar refractivity (Wildman–Crippen MR) is 69.5 cm³/mol. The third-order valence-corrected chi connectivity index (χ3v) is 2.75. The molecule has 15 heavy (non-hydrogen) atoms. The fraction of sp³-hybridized carbons (Fsp3) is 0.455. The molecule has 0 aliphatic rings. The second-order valence-electron chi connectivity index (χ2n) is 3.45. The number of nitrogens with two attached hydrogens (primary N) is 1. The van der Waals surface area contributed by atoms with Crippen LogP contribution in [0, 0.1) is 0 Å². The van der Waals surface area contributed by atoms with Crippen molar-refractivity contribution >= 4 is 28.3 Å². The fourth-order valence-corrected chi connectivity index (χ4v) is 1.76. The van der Waals surface area contributed by atoms with Gasteiger partial charge in [0.15, 0.2) is 0 Å². The molecule has 1 aromatic rings. The highest BCUT2D eigenvalue weighted by molar-refractivity contribution is 9.10. The quantitative estimate of drug-likeness (QED) is 0.888. The normalized spacial score (nSPS) is 11.9. The summed E-state index contributed by atoms with van der Waals surface area (Å²) in [7, 11) is 0. The zero-order valence-corrected chi connectivity index (χ0v) is 11.1. The lowest BCUT2D eigenvalue weighted by Crippen LogP contribution is -2.10. The lowest BCUT2D eigenvalue weighted by atomic mass is 10.0. The summed E-state index contributed by atoms with van der Waals surface area (Å²) in [6.45, 7) is 2.13. The summed E-state index contributed by atoms with van der Waals surface area (Å²) in [6.07, 6.45) is 3.15. The Balaban J connectivity index is 0.00000196. The molecule has 3 N–H and O–H groups in total. The van der Waals surface area contributed by atoms with Gasteiger partial charge in [0.25, 0.3) is 0 Å². The van der Waals surface area contributed by atoms with E-state index in [2.05, 4.69) is 22.9 Å². The number of rotatable bonds is 4. The van der Waals surface area contributed by atoms with Gasteiger partial charge in [-0.25, -0.2) is 0 Å². The van der Waals surface area contributed by atoms with Crippen LogP contribution in [0.3, 0.4) is 0 Å². The minimum Gasteiger partial charge on any atom is -0.508 e. The molecule has 0 aliphatic carbocycles. The molecule has 1 atom stereocenters. The molecular formula is C11H17BrClNO. The summed E-state index contributed by atoms with van der Waals surface area (Å²) in [5, 5.41) is 9.65. The van der Waals surface area contributed by atoms with Gasteiger partial charge in [0.05, 0.1) is 0 Å². The molecule has 0 aromatic heterocycles. The second-order valence-corrected chi connectivity index (χ2v) is 4.37. The summed E-state index contributed by atoms with van der Waals surface area (Å²) in [5.74, 6) is 0.281. The standard InChI is InChI=1S/C11H16BrNO.ClH/c1-2-3-4-10(13)9-6-5-8(12)7-11(9)14;/h5-7,10,14H,2-4,13H2,1H3;1H/t10-;/m1./s1. The monoisotopic (exact) mass is 293 g/mol. The smallest absolute Gasteiger partial charge is 0.121 e.